The first-order valence-electron chi connectivity index (χ1n) is 6.16. The lowest BCUT2D eigenvalue weighted by atomic mass is 9.96. The van der Waals surface area contributed by atoms with Gasteiger partial charge in [0.2, 0.25) is 0 Å². The van der Waals surface area contributed by atoms with Crippen molar-refractivity contribution in [1.82, 2.24) is 20.5 Å². The van der Waals surface area contributed by atoms with Gasteiger partial charge >= 0.3 is 0 Å². The molecule has 0 amide bonds. The van der Waals surface area contributed by atoms with Crippen LogP contribution in [0.15, 0.2) is 55.1 Å². The van der Waals surface area contributed by atoms with Gasteiger partial charge in [-0.15, -0.1) is 0 Å². The molecule has 4 nitrogen and oxygen atoms in total. The number of pyridine rings is 1. The molecule has 0 aliphatic heterocycles. The number of hydrogen-bond acceptors (Lipinski definition) is 4. The Hall–Kier alpha value is -2.33. The van der Waals surface area contributed by atoms with E-state index in [9.17, 15) is 0 Å². The van der Waals surface area contributed by atoms with Gasteiger partial charge in [0.1, 0.15) is 0 Å². The first kappa shape index (κ1) is 11.7. The van der Waals surface area contributed by atoms with Crippen molar-refractivity contribution < 1.29 is 0 Å². The fourth-order valence-electron chi connectivity index (χ4n) is 2.36. The summed E-state index contributed by atoms with van der Waals surface area (Å²) in [6.45, 7) is 0. The van der Waals surface area contributed by atoms with Crippen molar-refractivity contribution in [2.24, 2.45) is 0 Å². The van der Waals surface area contributed by atoms with Gasteiger partial charge in [0.15, 0.2) is 0 Å². The first-order chi connectivity index (χ1) is 9.40. The van der Waals surface area contributed by atoms with E-state index in [4.69, 9.17) is 0 Å². The van der Waals surface area contributed by atoms with Crippen LogP contribution in [0.5, 0.6) is 0 Å². The molecule has 4 heteroatoms. The molecule has 0 bridgehead atoms. The second-order valence-corrected chi connectivity index (χ2v) is 4.34. The maximum absolute atomic E-state index is 4.23. The van der Waals surface area contributed by atoms with Crippen LogP contribution in [0.2, 0.25) is 0 Å². The molecule has 0 aliphatic carbocycles. The fourth-order valence-corrected chi connectivity index (χ4v) is 2.36. The fraction of sp³-hybridized carbons (Fsp3) is 0.133. The minimum absolute atomic E-state index is 0.0865. The molecule has 2 heterocycles. The predicted molar refractivity (Wildman–Crippen MR) is 74.7 cm³/mol. The summed E-state index contributed by atoms with van der Waals surface area (Å²) in [5.74, 6) is 0. The maximum atomic E-state index is 4.23. The van der Waals surface area contributed by atoms with Gasteiger partial charge in [0.05, 0.1) is 12.2 Å². The third kappa shape index (κ3) is 2.18. The van der Waals surface area contributed by atoms with Gasteiger partial charge in [-0.1, -0.05) is 18.2 Å². The highest BCUT2D eigenvalue weighted by Crippen LogP contribution is 2.27. The topological polar surface area (TPSA) is 50.7 Å². The quantitative estimate of drug-likeness (QED) is 0.775. The molecule has 3 rings (SSSR count). The lowest BCUT2D eigenvalue weighted by molar-refractivity contribution is 0.689. The summed E-state index contributed by atoms with van der Waals surface area (Å²) in [5.41, 5.74) is 2.29. The van der Waals surface area contributed by atoms with E-state index in [2.05, 4.69) is 38.7 Å². The maximum Gasteiger partial charge on any atom is 0.0597 e. The number of rotatable bonds is 3. The standard InChI is InChI=1S/C15H14N4/c1-16-15(12-6-8-18-19-9-12)13-4-2-3-11-5-7-17-10-14(11)13/h2-10,15-16H,1H3. The number of benzene rings is 1. The Kier molecular flexibility index (Phi) is 3.16. The van der Waals surface area contributed by atoms with E-state index < -0.39 is 0 Å². The van der Waals surface area contributed by atoms with E-state index >= 15 is 0 Å². The van der Waals surface area contributed by atoms with Crippen LogP contribution in [0.25, 0.3) is 10.8 Å². The molecule has 0 radical (unpaired) electrons. The van der Waals surface area contributed by atoms with E-state index in [0.29, 0.717) is 0 Å². The highest BCUT2D eigenvalue weighted by atomic mass is 15.1. The number of hydrogen-bond donors (Lipinski definition) is 1. The van der Waals surface area contributed by atoms with Gasteiger partial charge in [0.25, 0.3) is 0 Å². The summed E-state index contributed by atoms with van der Waals surface area (Å²) in [6.07, 6.45) is 7.22. The van der Waals surface area contributed by atoms with Crippen molar-refractivity contribution in [3.63, 3.8) is 0 Å². The van der Waals surface area contributed by atoms with Crippen molar-refractivity contribution in [3.8, 4) is 0 Å². The van der Waals surface area contributed by atoms with Crippen LogP contribution in [-0.4, -0.2) is 22.2 Å². The van der Waals surface area contributed by atoms with Crippen LogP contribution in [0.1, 0.15) is 17.2 Å². The Morgan fingerprint density at radius 2 is 1.95 bits per heavy atom. The third-order valence-corrected chi connectivity index (χ3v) is 3.26. The molecule has 1 unspecified atom stereocenters. The summed E-state index contributed by atoms with van der Waals surface area (Å²) in [7, 11) is 1.94. The normalized spacial score (nSPS) is 12.5. The van der Waals surface area contributed by atoms with E-state index in [1.165, 1.54) is 10.9 Å². The SMILES string of the molecule is CNC(c1ccnnc1)c1cccc2ccncc12. The first-order valence-corrected chi connectivity index (χ1v) is 6.16. The second-order valence-electron chi connectivity index (χ2n) is 4.34. The number of fused-ring (bicyclic) bond motifs is 1. The highest BCUT2D eigenvalue weighted by Gasteiger charge is 2.14. The van der Waals surface area contributed by atoms with Crippen LogP contribution in [0.3, 0.4) is 0 Å². The molecule has 3 aromatic rings. The van der Waals surface area contributed by atoms with Gasteiger partial charge in [-0.25, -0.2) is 0 Å². The smallest absolute Gasteiger partial charge is 0.0597 e. The van der Waals surface area contributed by atoms with Gasteiger partial charge in [-0.2, -0.15) is 10.2 Å². The average molecular weight is 250 g/mol. The molecule has 2 aromatic heterocycles. The van der Waals surface area contributed by atoms with Gasteiger partial charge in [-0.05, 0) is 35.7 Å². The minimum Gasteiger partial charge on any atom is -0.309 e. The molecular weight excluding hydrogens is 236 g/mol. The molecule has 0 fully saturated rings. The van der Waals surface area contributed by atoms with Crippen molar-refractivity contribution in [1.29, 1.82) is 0 Å². The van der Waals surface area contributed by atoms with Crippen LogP contribution in [0, 0.1) is 0 Å². The van der Waals surface area contributed by atoms with Crippen molar-refractivity contribution in [3.05, 3.63) is 66.2 Å². The van der Waals surface area contributed by atoms with E-state index in [1.54, 1.807) is 12.4 Å². The lowest BCUT2D eigenvalue weighted by Crippen LogP contribution is -2.18. The molecule has 1 N–H and O–H groups in total. The largest absolute Gasteiger partial charge is 0.309 e. The molecule has 1 atom stereocenters. The number of nitrogens with one attached hydrogen (secondary N) is 1. The van der Waals surface area contributed by atoms with Crippen molar-refractivity contribution in [2.75, 3.05) is 7.05 Å². The molecule has 94 valence electrons. The Morgan fingerprint density at radius 3 is 2.74 bits per heavy atom. The number of nitrogens with zero attached hydrogens (tertiary/aromatic N) is 3. The van der Waals surface area contributed by atoms with Crippen LogP contribution in [-0.2, 0) is 0 Å². The summed E-state index contributed by atoms with van der Waals surface area (Å²) >= 11 is 0. The van der Waals surface area contributed by atoms with Crippen LogP contribution in [0.4, 0.5) is 0 Å². The zero-order valence-electron chi connectivity index (χ0n) is 10.6. The zero-order valence-corrected chi connectivity index (χ0v) is 10.6. The van der Waals surface area contributed by atoms with Gasteiger partial charge < -0.3 is 5.32 Å². The van der Waals surface area contributed by atoms with Crippen LogP contribution >= 0.6 is 0 Å². The Balaban J connectivity index is 2.17. The van der Waals surface area contributed by atoms with E-state index in [1.807, 2.05) is 31.6 Å². The molecule has 0 aliphatic rings. The van der Waals surface area contributed by atoms with Crippen LogP contribution < -0.4 is 5.32 Å². The van der Waals surface area contributed by atoms with E-state index in [-0.39, 0.29) is 6.04 Å². The summed E-state index contributed by atoms with van der Waals surface area (Å²) in [6, 6.07) is 10.4. The van der Waals surface area contributed by atoms with Crippen molar-refractivity contribution >= 4 is 10.8 Å². The van der Waals surface area contributed by atoms with Gasteiger partial charge in [0, 0.05) is 24.0 Å². The predicted octanol–water partition coefficient (Wildman–Crippen LogP) is 2.33. The molecular formula is C15H14N4. The van der Waals surface area contributed by atoms with E-state index in [0.717, 1.165) is 10.9 Å². The Bertz CT molecular complexity index is 677. The average Bonchev–Trinajstić information content (AvgIpc) is 2.49. The number of aromatic nitrogens is 3. The zero-order chi connectivity index (χ0) is 13.1. The highest BCUT2D eigenvalue weighted by molar-refractivity contribution is 5.85. The summed E-state index contributed by atoms with van der Waals surface area (Å²) in [4.78, 5) is 4.23. The molecule has 0 saturated carbocycles. The van der Waals surface area contributed by atoms with Gasteiger partial charge in [-0.3, -0.25) is 4.98 Å². The third-order valence-electron chi connectivity index (χ3n) is 3.26. The summed E-state index contributed by atoms with van der Waals surface area (Å²) < 4.78 is 0. The minimum atomic E-state index is 0.0865. The summed E-state index contributed by atoms with van der Waals surface area (Å²) in [5, 5.41) is 13.5. The molecule has 1 aromatic carbocycles. The Morgan fingerprint density at radius 1 is 1.00 bits per heavy atom. The van der Waals surface area contributed by atoms with Crippen molar-refractivity contribution in [2.45, 2.75) is 6.04 Å². The molecule has 0 spiro atoms. The monoisotopic (exact) mass is 250 g/mol. The molecule has 19 heavy (non-hydrogen) atoms. The molecule has 0 saturated heterocycles. The second kappa shape index (κ2) is 5.12. The Labute approximate surface area is 111 Å². The lowest BCUT2D eigenvalue weighted by Gasteiger charge is -2.18.